The van der Waals surface area contributed by atoms with E-state index < -0.39 is 29.5 Å². The van der Waals surface area contributed by atoms with Gasteiger partial charge < -0.3 is 15.7 Å². The van der Waals surface area contributed by atoms with Crippen LogP contribution in [0.25, 0.3) is 0 Å². The minimum Gasteiger partial charge on any atom is -0.394 e. The molecule has 1 heterocycles. The zero-order chi connectivity index (χ0) is 19.5. The molecule has 0 fully saturated rings. The molecule has 0 amide bonds. The molecule has 1 aromatic heterocycles. The van der Waals surface area contributed by atoms with Crippen molar-refractivity contribution in [2.75, 3.05) is 17.2 Å². The number of benzene rings is 1. The van der Waals surface area contributed by atoms with E-state index in [-0.39, 0.29) is 30.0 Å². The van der Waals surface area contributed by atoms with Crippen molar-refractivity contribution in [3.8, 4) is 0 Å². The second-order valence-corrected chi connectivity index (χ2v) is 5.89. The van der Waals surface area contributed by atoms with E-state index in [0.29, 0.717) is 12.1 Å². The summed E-state index contributed by atoms with van der Waals surface area (Å²) in [5.74, 6) is -2.62. The first-order valence-electron chi connectivity index (χ1n) is 7.66. The molecule has 1 aromatic carbocycles. The lowest BCUT2D eigenvalue weighted by Crippen LogP contribution is -2.30. The molecule has 3 N–H and O–H groups in total. The van der Waals surface area contributed by atoms with Gasteiger partial charge in [-0.15, -0.1) is 0 Å². The normalized spacial score (nSPS) is 13.0. The third kappa shape index (κ3) is 5.01. The second-order valence-electron chi connectivity index (χ2n) is 5.89. The number of hydrogen-bond acceptors (Lipinski definition) is 5. The molecule has 0 radical (unpaired) electrons. The molecule has 1 atom stereocenters. The standard InChI is InChI=1S/C16H17F5N4O/c1-8(2)12(7-26)23-15-24-13(16(19,20)21)6-14(25-15)22-11-4-3-9(17)5-10(11)18/h3-6,8,12,26H,7H2,1-2H3,(H2,22,23,24,25)/t12-/m0/s1. The topological polar surface area (TPSA) is 70.1 Å². The van der Waals surface area contributed by atoms with Gasteiger partial charge in [0.25, 0.3) is 0 Å². The highest BCUT2D eigenvalue weighted by Crippen LogP contribution is 2.31. The summed E-state index contributed by atoms with van der Waals surface area (Å²) in [6.45, 7) is 3.18. The minimum absolute atomic E-state index is 0.107. The predicted molar refractivity (Wildman–Crippen MR) is 86.0 cm³/mol. The van der Waals surface area contributed by atoms with E-state index >= 15 is 0 Å². The van der Waals surface area contributed by atoms with E-state index in [0.717, 1.165) is 12.1 Å². The van der Waals surface area contributed by atoms with Crippen LogP contribution in [0.5, 0.6) is 0 Å². The van der Waals surface area contributed by atoms with Gasteiger partial charge in [0.15, 0.2) is 5.69 Å². The Bertz CT molecular complexity index is 767. The third-order valence-corrected chi connectivity index (χ3v) is 3.53. The van der Waals surface area contributed by atoms with Gasteiger partial charge in [0.05, 0.1) is 18.3 Å². The van der Waals surface area contributed by atoms with Crippen LogP contribution in [-0.4, -0.2) is 27.7 Å². The van der Waals surface area contributed by atoms with Gasteiger partial charge in [-0.3, -0.25) is 0 Å². The van der Waals surface area contributed by atoms with Crippen LogP contribution in [-0.2, 0) is 6.18 Å². The summed E-state index contributed by atoms with van der Waals surface area (Å²) in [7, 11) is 0. The number of rotatable bonds is 6. The molecular formula is C16H17F5N4O. The van der Waals surface area contributed by atoms with Crippen molar-refractivity contribution >= 4 is 17.5 Å². The third-order valence-electron chi connectivity index (χ3n) is 3.53. The van der Waals surface area contributed by atoms with Gasteiger partial charge in [-0.2, -0.15) is 18.2 Å². The number of aliphatic hydroxyl groups excluding tert-OH is 1. The summed E-state index contributed by atoms with van der Waals surface area (Å²) in [5.41, 5.74) is -1.49. The Kier molecular flexibility index (Phi) is 5.96. The Balaban J connectivity index is 2.39. The van der Waals surface area contributed by atoms with Gasteiger partial charge >= 0.3 is 6.18 Å². The number of nitrogens with one attached hydrogen (secondary N) is 2. The monoisotopic (exact) mass is 376 g/mol. The SMILES string of the molecule is CC(C)[C@H](CO)Nc1nc(Nc2ccc(F)cc2F)cc(C(F)(F)F)n1. The van der Waals surface area contributed by atoms with E-state index in [1.807, 2.05) is 0 Å². The fraction of sp³-hybridized carbons (Fsp3) is 0.375. The zero-order valence-corrected chi connectivity index (χ0v) is 13.9. The smallest absolute Gasteiger partial charge is 0.394 e. The molecule has 26 heavy (non-hydrogen) atoms. The molecule has 0 saturated carbocycles. The molecule has 0 bridgehead atoms. The maximum atomic E-state index is 13.7. The fourth-order valence-electron chi connectivity index (χ4n) is 2.04. The average molecular weight is 376 g/mol. The average Bonchev–Trinajstić information content (AvgIpc) is 2.54. The van der Waals surface area contributed by atoms with E-state index in [1.165, 1.54) is 0 Å². The second kappa shape index (κ2) is 7.81. The first-order valence-corrected chi connectivity index (χ1v) is 7.66. The van der Waals surface area contributed by atoms with Crippen molar-refractivity contribution in [3.63, 3.8) is 0 Å². The first-order chi connectivity index (χ1) is 12.1. The number of halogens is 5. The van der Waals surface area contributed by atoms with Crippen LogP contribution in [0.4, 0.5) is 39.4 Å². The van der Waals surface area contributed by atoms with Crippen LogP contribution in [0.3, 0.4) is 0 Å². The van der Waals surface area contributed by atoms with Crippen molar-refractivity contribution in [1.29, 1.82) is 0 Å². The lowest BCUT2D eigenvalue weighted by Gasteiger charge is -2.21. The summed E-state index contributed by atoms with van der Waals surface area (Å²) in [6.07, 6.45) is -4.76. The van der Waals surface area contributed by atoms with Crippen LogP contribution in [0.15, 0.2) is 24.3 Å². The fourth-order valence-corrected chi connectivity index (χ4v) is 2.04. The Morgan fingerprint density at radius 1 is 1.12 bits per heavy atom. The van der Waals surface area contributed by atoms with Crippen LogP contribution in [0.2, 0.25) is 0 Å². The van der Waals surface area contributed by atoms with Crippen LogP contribution in [0.1, 0.15) is 19.5 Å². The summed E-state index contributed by atoms with van der Waals surface area (Å²) in [4.78, 5) is 7.27. The molecule has 0 aliphatic carbocycles. The Labute approximate surface area is 146 Å². The first kappa shape index (κ1) is 19.8. The lowest BCUT2D eigenvalue weighted by atomic mass is 10.1. The Morgan fingerprint density at radius 3 is 2.35 bits per heavy atom. The predicted octanol–water partition coefficient (Wildman–Crippen LogP) is 3.95. The molecule has 2 aromatic rings. The molecule has 2 rings (SSSR count). The lowest BCUT2D eigenvalue weighted by molar-refractivity contribution is -0.141. The van der Waals surface area contributed by atoms with Gasteiger partial charge in [-0.05, 0) is 18.1 Å². The zero-order valence-electron chi connectivity index (χ0n) is 13.9. The quantitative estimate of drug-likeness (QED) is 0.666. The molecule has 5 nitrogen and oxygen atoms in total. The van der Waals surface area contributed by atoms with E-state index in [4.69, 9.17) is 0 Å². The van der Waals surface area contributed by atoms with Gasteiger partial charge in [0.2, 0.25) is 5.95 Å². The number of aliphatic hydroxyl groups is 1. The number of anilines is 3. The number of aromatic nitrogens is 2. The molecule has 10 heteroatoms. The summed E-state index contributed by atoms with van der Waals surface area (Å²) < 4.78 is 65.9. The van der Waals surface area contributed by atoms with E-state index in [9.17, 15) is 27.1 Å². The molecule has 0 spiro atoms. The molecule has 0 saturated heterocycles. The van der Waals surface area contributed by atoms with E-state index in [2.05, 4.69) is 20.6 Å². The molecular weight excluding hydrogens is 359 g/mol. The van der Waals surface area contributed by atoms with Gasteiger partial charge in [-0.1, -0.05) is 13.8 Å². The number of nitrogens with zero attached hydrogens (tertiary/aromatic N) is 2. The van der Waals surface area contributed by atoms with Crippen LogP contribution in [0, 0.1) is 17.6 Å². The highest BCUT2D eigenvalue weighted by molar-refractivity contribution is 5.58. The largest absolute Gasteiger partial charge is 0.433 e. The van der Waals surface area contributed by atoms with Gasteiger partial charge in [-0.25, -0.2) is 13.8 Å². The van der Waals surface area contributed by atoms with Crippen molar-refractivity contribution in [2.24, 2.45) is 5.92 Å². The Hall–Kier alpha value is -2.49. The molecule has 0 aliphatic heterocycles. The van der Waals surface area contributed by atoms with Crippen molar-refractivity contribution in [1.82, 2.24) is 9.97 Å². The Morgan fingerprint density at radius 2 is 1.81 bits per heavy atom. The molecule has 0 unspecified atom stereocenters. The minimum atomic E-state index is -4.76. The maximum absolute atomic E-state index is 13.7. The van der Waals surface area contributed by atoms with Crippen molar-refractivity contribution in [3.05, 3.63) is 41.6 Å². The summed E-state index contributed by atoms with van der Waals surface area (Å²) in [5, 5.41) is 14.3. The number of alkyl halides is 3. The van der Waals surface area contributed by atoms with Crippen LogP contribution < -0.4 is 10.6 Å². The molecule has 142 valence electrons. The van der Waals surface area contributed by atoms with Gasteiger partial charge in [0, 0.05) is 12.1 Å². The van der Waals surface area contributed by atoms with Gasteiger partial charge in [0.1, 0.15) is 17.5 Å². The molecule has 0 aliphatic rings. The van der Waals surface area contributed by atoms with Crippen molar-refractivity contribution < 1.29 is 27.1 Å². The summed E-state index contributed by atoms with van der Waals surface area (Å²) >= 11 is 0. The summed E-state index contributed by atoms with van der Waals surface area (Å²) in [6, 6.07) is 2.62. The highest BCUT2D eigenvalue weighted by Gasteiger charge is 2.34. The van der Waals surface area contributed by atoms with Crippen LogP contribution >= 0.6 is 0 Å². The maximum Gasteiger partial charge on any atom is 0.433 e. The number of hydrogen-bond donors (Lipinski definition) is 3. The highest BCUT2D eigenvalue weighted by atomic mass is 19.4. The van der Waals surface area contributed by atoms with E-state index in [1.54, 1.807) is 13.8 Å². The van der Waals surface area contributed by atoms with Crippen molar-refractivity contribution in [2.45, 2.75) is 26.1 Å².